The summed E-state index contributed by atoms with van der Waals surface area (Å²) in [6, 6.07) is 24.1. The van der Waals surface area contributed by atoms with Crippen LogP contribution in [0.25, 0.3) is 55.7 Å². The zero-order chi connectivity index (χ0) is 27.8. The number of aromatic nitrogens is 6. The van der Waals surface area contributed by atoms with Gasteiger partial charge in [0.15, 0.2) is 0 Å². The van der Waals surface area contributed by atoms with Gasteiger partial charge in [-0.15, -0.1) is 0 Å². The minimum atomic E-state index is -0.766. The highest BCUT2D eigenvalue weighted by Gasteiger charge is 2.16. The minimum absolute atomic E-state index is 0.291. The van der Waals surface area contributed by atoms with E-state index in [1.165, 1.54) is 12.1 Å². The first-order valence-electron chi connectivity index (χ1n) is 13.1. The lowest BCUT2D eigenvalue weighted by Crippen LogP contribution is -2.21. The summed E-state index contributed by atoms with van der Waals surface area (Å²) in [5.41, 5.74) is 7.83. The van der Waals surface area contributed by atoms with E-state index in [1.807, 2.05) is 60.7 Å². The van der Waals surface area contributed by atoms with Gasteiger partial charge >= 0.3 is 0 Å². The Balaban J connectivity index is 1.21. The molecule has 1 unspecified atom stereocenters. The minimum Gasteiger partial charge on any atom is -0.373 e. The fourth-order valence-corrected chi connectivity index (χ4v) is 5.08. The summed E-state index contributed by atoms with van der Waals surface area (Å²) in [7, 11) is 0. The smallest absolute Gasteiger partial charge is 0.138 e. The van der Waals surface area contributed by atoms with E-state index < -0.39 is 6.23 Å². The maximum absolute atomic E-state index is 13.9. The van der Waals surface area contributed by atoms with Crippen LogP contribution in [0.2, 0.25) is 0 Å². The SMILES string of the molecule is OC(Cc1ccccc1)Nc1cncc(-c2cc3c(-c4cc5c(-c6cccc(F)c6)ccnc5[nH]4)n[nH]c3cn2)c1. The Labute approximate surface area is 234 Å². The van der Waals surface area contributed by atoms with Crippen LogP contribution in [0.4, 0.5) is 10.1 Å². The average Bonchev–Trinajstić information content (AvgIpc) is 3.61. The van der Waals surface area contributed by atoms with Crippen molar-refractivity contribution in [3.05, 3.63) is 115 Å². The van der Waals surface area contributed by atoms with Crippen molar-refractivity contribution in [1.29, 1.82) is 0 Å². The fourth-order valence-electron chi connectivity index (χ4n) is 5.08. The molecule has 41 heavy (non-hydrogen) atoms. The van der Waals surface area contributed by atoms with E-state index in [4.69, 9.17) is 0 Å². The number of pyridine rings is 3. The van der Waals surface area contributed by atoms with E-state index in [1.54, 1.807) is 30.9 Å². The zero-order valence-corrected chi connectivity index (χ0v) is 21.7. The summed E-state index contributed by atoms with van der Waals surface area (Å²) in [6.07, 6.45) is 6.56. The topological polar surface area (TPSA) is 115 Å². The van der Waals surface area contributed by atoms with Crippen molar-refractivity contribution in [1.82, 2.24) is 30.1 Å². The molecule has 0 radical (unpaired) electrons. The van der Waals surface area contributed by atoms with Gasteiger partial charge < -0.3 is 15.4 Å². The van der Waals surface area contributed by atoms with Crippen molar-refractivity contribution >= 4 is 27.6 Å². The van der Waals surface area contributed by atoms with Gasteiger partial charge in [0.2, 0.25) is 0 Å². The van der Waals surface area contributed by atoms with Gasteiger partial charge in [-0.25, -0.2) is 9.37 Å². The van der Waals surface area contributed by atoms with Crippen LogP contribution < -0.4 is 5.32 Å². The Hall–Kier alpha value is -5.41. The van der Waals surface area contributed by atoms with Crippen molar-refractivity contribution in [2.24, 2.45) is 0 Å². The predicted octanol–water partition coefficient (Wildman–Crippen LogP) is 6.34. The number of halogens is 1. The molecule has 5 aromatic heterocycles. The molecule has 1 atom stereocenters. The normalized spacial score (nSPS) is 12.1. The van der Waals surface area contributed by atoms with Crippen LogP contribution in [0.15, 0.2) is 104 Å². The molecule has 0 spiro atoms. The van der Waals surface area contributed by atoms with Crippen LogP contribution in [-0.2, 0) is 6.42 Å². The Morgan fingerprint density at radius 3 is 2.63 bits per heavy atom. The number of fused-ring (bicyclic) bond motifs is 2. The Morgan fingerprint density at radius 2 is 1.76 bits per heavy atom. The van der Waals surface area contributed by atoms with Gasteiger partial charge in [-0.05, 0) is 53.1 Å². The molecule has 7 rings (SSSR count). The maximum Gasteiger partial charge on any atom is 0.138 e. The third-order valence-electron chi connectivity index (χ3n) is 7.01. The first-order valence-corrected chi connectivity index (χ1v) is 13.1. The number of hydrogen-bond donors (Lipinski definition) is 4. The largest absolute Gasteiger partial charge is 0.373 e. The van der Waals surface area contributed by atoms with Crippen molar-refractivity contribution in [2.45, 2.75) is 12.6 Å². The lowest BCUT2D eigenvalue weighted by atomic mass is 10.0. The summed E-state index contributed by atoms with van der Waals surface area (Å²) in [6.45, 7) is 0. The van der Waals surface area contributed by atoms with Gasteiger partial charge in [-0.3, -0.25) is 15.1 Å². The lowest BCUT2D eigenvalue weighted by molar-refractivity contribution is 0.204. The van der Waals surface area contributed by atoms with Crippen LogP contribution in [0, 0.1) is 5.82 Å². The van der Waals surface area contributed by atoms with Gasteiger partial charge in [0.05, 0.1) is 35.0 Å². The van der Waals surface area contributed by atoms with E-state index in [-0.39, 0.29) is 5.82 Å². The molecule has 0 saturated heterocycles. The Bertz CT molecular complexity index is 2000. The number of H-pyrrole nitrogens is 2. The van der Waals surface area contributed by atoms with Crippen molar-refractivity contribution < 1.29 is 9.50 Å². The van der Waals surface area contributed by atoms with Gasteiger partial charge in [0.1, 0.15) is 23.4 Å². The quantitative estimate of drug-likeness (QED) is 0.175. The molecule has 200 valence electrons. The number of hydrogen-bond acceptors (Lipinski definition) is 6. The number of aromatic amines is 2. The summed E-state index contributed by atoms with van der Waals surface area (Å²) in [5.74, 6) is -0.291. The molecule has 0 saturated carbocycles. The third-order valence-corrected chi connectivity index (χ3v) is 7.01. The molecule has 7 aromatic rings. The van der Waals surface area contributed by atoms with Crippen molar-refractivity contribution in [2.75, 3.05) is 5.32 Å². The molecule has 0 aliphatic rings. The highest BCUT2D eigenvalue weighted by molar-refractivity contribution is 6.00. The number of anilines is 1. The molecule has 0 aliphatic heterocycles. The Morgan fingerprint density at radius 1 is 0.854 bits per heavy atom. The number of nitrogens with zero attached hydrogens (tertiary/aromatic N) is 4. The van der Waals surface area contributed by atoms with Crippen molar-refractivity contribution in [3.63, 3.8) is 0 Å². The number of nitrogens with one attached hydrogen (secondary N) is 3. The van der Waals surface area contributed by atoms with E-state index >= 15 is 0 Å². The Kier molecular flexibility index (Phi) is 6.18. The van der Waals surface area contributed by atoms with Crippen LogP contribution in [-0.4, -0.2) is 41.5 Å². The molecule has 0 fully saturated rings. The van der Waals surface area contributed by atoms with Crippen LogP contribution >= 0.6 is 0 Å². The number of rotatable bonds is 7. The van der Waals surface area contributed by atoms with Gasteiger partial charge in [-0.1, -0.05) is 42.5 Å². The molecule has 8 nitrogen and oxygen atoms in total. The predicted molar refractivity (Wildman–Crippen MR) is 157 cm³/mol. The molecule has 0 amide bonds. The van der Waals surface area contributed by atoms with Crippen LogP contribution in [0.5, 0.6) is 0 Å². The molecular weight excluding hydrogens is 517 g/mol. The maximum atomic E-state index is 13.9. The molecule has 9 heteroatoms. The average molecular weight is 542 g/mol. The second-order valence-corrected chi connectivity index (χ2v) is 9.81. The standard InChI is InChI=1S/C32H24FN7O/c33-22-8-4-7-20(12-22)24-9-10-35-32-25(24)14-28(38-32)31-26-15-27(36-18-29(26)39-40-31)21-13-23(17-34-16-21)37-30(41)11-19-5-2-1-3-6-19/h1-10,12-18,30,37,41H,11H2,(H,35,38)(H,39,40). The van der Waals surface area contributed by atoms with Crippen LogP contribution in [0.3, 0.4) is 0 Å². The van der Waals surface area contributed by atoms with E-state index in [2.05, 4.69) is 35.5 Å². The number of aliphatic hydroxyl groups excluding tert-OH is 1. The highest BCUT2D eigenvalue weighted by atomic mass is 19.1. The highest BCUT2D eigenvalue weighted by Crippen LogP contribution is 2.34. The second kappa shape index (κ2) is 10.3. The summed E-state index contributed by atoms with van der Waals surface area (Å²) in [5, 5.41) is 23.1. The van der Waals surface area contributed by atoms with Crippen LogP contribution in [0.1, 0.15) is 5.56 Å². The molecular formula is C32H24FN7O. The summed E-state index contributed by atoms with van der Waals surface area (Å²) >= 11 is 0. The molecule has 0 aliphatic carbocycles. The van der Waals surface area contributed by atoms with Crippen molar-refractivity contribution in [3.8, 4) is 33.8 Å². The molecule has 2 aromatic carbocycles. The first-order chi connectivity index (χ1) is 20.1. The molecule has 4 N–H and O–H groups in total. The van der Waals surface area contributed by atoms with Gasteiger partial charge in [0.25, 0.3) is 0 Å². The van der Waals surface area contributed by atoms with E-state index in [0.29, 0.717) is 29.1 Å². The molecule has 0 bridgehead atoms. The number of benzene rings is 2. The summed E-state index contributed by atoms with van der Waals surface area (Å²) in [4.78, 5) is 16.8. The third kappa shape index (κ3) is 4.90. The second-order valence-electron chi connectivity index (χ2n) is 9.81. The zero-order valence-electron chi connectivity index (χ0n) is 21.7. The first kappa shape index (κ1) is 24.6. The van der Waals surface area contributed by atoms with E-state index in [0.717, 1.165) is 44.2 Å². The number of aliphatic hydroxyl groups is 1. The molecule has 5 heterocycles. The van der Waals surface area contributed by atoms with E-state index in [9.17, 15) is 9.50 Å². The monoisotopic (exact) mass is 541 g/mol. The fraction of sp³-hybridized carbons (Fsp3) is 0.0625. The summed E-state index contributed by atoms with van der Waals surface area (Å²) < 4.78 is 13.9. The lowest BCUT2D eigenvalue weighted by Gasteiger charge is -2.14. The van der Waals surface area contributed by atoms with Gasteiger partial charge in [0, 0.05) is 35.2 Å². The van der Waals surface area contributed by atoms with Gasteiger partial charge in [-0.2, -0.15) is 5.10 Å².